The van der Waals surface area contributed by atoms with Crippen LogP contribution in [0.3, 0.4) is 0 Å². The van der Waals surface area contributed by atoms with Gasteiger partial charge in [0.05, 0.1) is 0 Å². The number of hydrogen-bond donors (Lipinski definition) is 1. The van der Waals surface area contributed by atoms with E-state index in [0.717, 1.165) is 23.7 Å². The Morgan fingerprint density at radius 3 is 2.08 bits per heavy atom. The summed E-state index contributed by atoms with van der Waals surface area (Å²) < 4.78 is 0. The largest absolute Gasteiger partial charge is 0.317 e. The zero-order valence-corrected chi connectivity index (χ0v) is 25.5. The standard InChI is InChI=1S/C35H67N/c1-5-7-8-9-10-11-12-13-17-27-36-28-18-15-20-32-23-24-33(35(32,4)25-6-2)30-21-22-31-19-14-16-26-34(31,3)29-30/h30-33,36H,5-29H2,1-4H3/t30?,31?,32-,33?,34+,35+/m0/s1. The lowest BCUT2D eigenvalue weighted by molar-refractivity contribution is -0.0155. The molecule has 1 N–H and O–H groups in total. The van der Waals surface area contributed by atoms with Crippen molar-refractivity contribution in [3.05, 3.63) is 0 Å². The molecule has 0 aromatic heterocycles. The number of hydrogen-bond acceptors (Lipinski definition) is 1. The fourth-order valence-corrected chi connectivity index (χ4v) is 9.54. The van der Waals surface area contributed by atoms with Crippen LogP contribution in [0.2, 0.25) is 0 Å². The van der Waals surface area contributed by atoms with Gasteiger partial charge in [-0.2, -0.15) is 0 Å². The molecule has 0 heterocycles. The van der Waals surface area contributed by atoms with E-state index in [1.165, 1.54) is 135 Å². The minimum Gasteiger partial charge on any atom is -0.317 e. The second-order valence-corrected chi connectivity index (χ2v) is 14.3. The van der Waals surface area contributed by atoms with E-state index in [0.29, 0.717) is 10.8 Å². The van der Waals surface area contributed by atoms with Gasteiger partial charge in [-0.1, -0.05) is 105 Å². The van der Waals surface area contributed by atoms with Crippen LogP contribution in [-0.2, 0) is 0 Å². The van der Waals surface area contributed by atoms with Crippen LogP contribution in [0, 0.1) is 34.5 Å². The van der Waals surface area contributed by atoms with Crippen molar-refractivity contribution in [1.82, 2.24) is 5.32 Å². The molecule has 0 saturated heterocycles. The van der Waals surface area contributed by atoms with Crippen LogP contribution in [0.4, 0.5) is 0 Å². The molecule has 36 heavy (non-hydrogen) atoms. The highest BCUT2D eigenvalue weighted by molar-refractivity contribution is 5.01. The highest BCUT2D eigenvalue weighted by Gasteiger charge is 2.51. The van der Waals surface area contributed by atoms with Gasteiger partial charge in [0, 0.05) is 0 Å². The smallest absolute Gasteiger partial charge is 0.00489 e. The summed E-state index contributed by atoms with van der Waals surface area (Å²) in [5.41, 5.74) is 1.31. The summed E-state index contributed by atoms with van der Waals surface area (Å²) in [6, 6.07) is 0. The molecule has 3 fully saturated rings. The van der Waals surface area contributed by atoms with Crippen molar-refractivity contribution >= 4 is 0 Å². The van der Waals surface area contributed by atoms with Crippen molar-refractivity contribution in [2.75, 3.05) is 13.1 Å². The normalized spacial score (nSPS) is 34.7. The van der Waals surface area contributed by atoms with E-state index in [1.54, 1.807) is 25.7 Å². The topological polar surface area (TPSA) is 12.0 Å². The molecule has 6 atom stereocenters. The highest BCUT2D eigenvalue weighted by Crippen LogP contribution is 2.61. The minimum absolute atomic E-state index is 0.626. The maximum absolute atomic E-state index is 3.77. The average molecular weight is 502 g/mol. The van der Waals surface area contributed by atoms with Crippen molar-refractivity contribution < 1.29 is 0 Å². The van der Waals surface area contributed by atoms with E-state index >= 15 is 0 Å². The third-order valence-corrected chi connectivity index (χ3v) is 11.7. The van der Waals surface area contributed by atoms with Crippen LogP contribution in [0.25, 0.3) is 0 Å². The van der Waals surface area contributed by atoms with Gasteiger partial charge in [-0.15, -0.1) is 0 Å². The van der Waals surface area contributed by atoms with E-state index in [1.807, 2.05) is 0 Å². The number of fused-ring (bicyclic) bond motifs is 1. The fourth-order valence-electron chi connectivity index (χ4n) is 9.54. The van der Waals surface area contributed by atoms with Crippen LogP contribution in [-0.4, -0.2) is 13.1 Å². The Balaban J connectivity index is 1.30. The van der Waals surface area contributed by atoms with E-state index < -0.39 is 0 Å². The van der Waals surface area contributed by atoms with Crippen LogP contribution in [0.5, 0.6) is 0 Å². The first-order valence-corrected chi connectivity index (χ1v) is 17.2. The van der Waals surface area contributed by atoms with Gasteiger partial charge in [-0.05, 0) is 118 Å². The molecule has 0 aromatic rings. The van der Waals surface area contributed by atoms with Crippen molar-refractivity contribution in [3.63, 3.8) is 0 Å². The second-order valence-electron chi connectivity index (χ2n) is 14.3. The van der Waals surface area contributed by atoms with Gasteiger partial charge in [-0.25, -0.2) is 0 Å². The lowest BCUT2D eigenvalue weighted by Crippen LogP contribution is -2.42. The van der Waals surface area contributed by atoms with Crippen molar-refractivity contribution in [2.24, 2.45) is 34.5 Å². The maximum atomic E-state index is 3.77. The van der Waals surface area contributed by atoms with Gasteiger partial charge in [-0.3, -0.25) is 0 Å². The van der Waals surface area contributed by atoms with E-state index in [-0.39, 0.29) is 0 Å². The molecule has 0 bridgehead atoms. The highest BCUT2D eigenvalue weighted by atomic mass is 14.8. The number of unbranched alkanes of at least 4 members (excludes halogenated alkanes) is 9. The Labute approximate surface area is 228 Å². The zero-order chi connectivity index (χ0) is 25.7. The molecule has 0 radical (unpaired) electrons. The lowest BCUT2D eigenvalue weighted by Gasteiger charge is -2.52. The average Bonchev–Trinajstić information content (AvgIpc) is 3.19. The zero-order valence-electron chi connectivity index (χ0n) is 25.5. The first-order valence-electron chi connectivity index (χ1n) is 17.2. The van der Waals surface area contributed by atoms with Crippen molar-refractivity contribution in [2.45, 2.75) is 175 Å². The van der Waals surface area contributed by atoms with Gasteiger partial charge in [0.15, 0.2) is 0 Å². The molecule has 3 unspecified atom stereocenters. The third-order valence-electron chi connectivity index (χ3n) is 11.7. The maximum Gasteiger partial charge on any atom is -0.00489 e. The van der Waals surface area contributed by atoms with E-state index in [4.69, 9.17) is 0 Å². The molecule has 212 valence electrons. The molecule has 1 nitrogen and oxygen atoms in total. The first kappa shape index (κ1) is 30.5. The summed E-state index contributed by atoms with van der Waals surface area (Å²) in [7, 11) is 0. The molecule has 3 saturated carbocycles. The summed E-state index contributed by atoms with van der Waals surface area (Å²) in [6.07, 6.45) is 34.0. The Morgan fingerprint density at radius 1 is 0.667 bits per heavy atom. The predicted octanol–water partition coefficient (Wildman–Crippen LogP) is 11.1. The van der Waals surface area contributed by atoms with Crippen molar-refractivity contribution in [1.29, 1.82) is 0 Å². The van der Waals surface area contributed by atoms with Crippen LogP contribution in [0.1, 0.15) is 175 Å². The van der Waals surface area contributed by atoms with Gasteiger partial charge in [0.1, 0.15) is 0 Å². The summed E-state index contributed by atoms with van der Waals surface area (Å²) in [4.78, 5) is 0. The molecule has 0 spiro atoms. The van der Waals surface area contributed by atoms with Crippen LogP contribution >= 0.6 is 0 Å². The molecular formula is C35H67N. The summed E-state index contributed by atoms with van der Waals surface area (Å²) in [5, 5.41) is 3.77. The molecular weight excluding hydrogens is 434 g/mol. The predicted molar refractivity (Wildman–Crippen MR) is 161 cm³/mol. The lowest BCUT2D eigenvalue weighted by atomic mass is 9.53. The van der Waals surface area contributed by atoms with Gasteiger partial charge >= 0.3 is 0 Å². The van der Waals surface area contributed by atoms with Crippen LogP contribution < -0.4 is 5.32 Å². The number of nitrogens with one attached hydrogen (secondary N) is 1. The molecule has 3 aliphatic rings. The summed E-state index contributed by atoms with van der Waals surface area (Å²) in [6.45, 7) is 12.7. The van der Waals surface area contributed by atoms with Crippen molar-refractivity contribution in [3.8, 4) is 0 Å². The Kier molecular flexibility index (Phi) is 13.7. The Morgan fingerprint density at radius 2 is 1.36 bits per heavy atom. The molecule has 1 heteroatoms. The monoisotopic (exact) mass is 502 g/mol. The van der Waals surface area contributed by atoms with Crippen LogP contribution in [0.15, 0.2) is 0 Å². The third kappa shape index (κ3) is 8.74. The van der Waals surface area contributed by atoms with E-state index in [9.17, 15) is 0 Å². The minimum atomic E-state index is 0.626. The Bertz CT molecular complexity index is 571. The van der Waals surface area contributed by atoms with Gasteiger partial charge in [0.2, 0.25) is 0 Å². The molecule has 0 aromatic carbocycles. The first-order chi connectivity index (χ1) is 17.5. The molecule has 3 aliphatic carbocycles. The molecule has 0 aliphatic heterocycles. The summed E-state index contributed by atoms with van der Waals surface area (Å²) >= 11 is 0. The molecule has 0 amide bonds. The quantitative estimate of drug-likeness (QED) is 0.184. The fraction of sp³-hybridized carbons (Fsp3) is 1.00. The van der Waals surface area contributed by atoms with Gasteiger partial charge in [0.25, 0.3) is 0 Å². The second kappa shape index (κ2) is 16.2. The SMILES string of the molecule is CCCCCCCCCCCNCCCC[C@H]1CCC(C2CCC3CCCC[C@]3(C)C2)[C@]1(C)CCC. The van der Waals surface area contributed by atoms with E-state index in [2.05, 4.69) is 33.0 Å². The molecule has 3 rings (SSSR count). The number of rotatable bonds is 18. The Hall–Kier alpha value is -0.0400. The summed E-state index contributed by atoms with van der Waals surface area (Å²) in [5.74, 6) is 4.10. The van der Waals surface area contributed by atoms with Gasteiger partial charge < -0.3 is 5.32 Å².